The van der Waals surface area contributed by atoms with E-state index in [0.29, 0.717) is 11.4 Å². The zero-order chi connectivity index (χ0) is 20.9. The highest BCUT2D eigenvalue weighted by Gasteiger charge is 2.30. The van der Waals surface area contributed by atoms with Crippen LogP contribution in [0, 0.1) is 5.82 Å². The van der Waals surface area contributed by atoms with Crippen molar-refractivity contribution in [2.24, 2.45) is 0 Å². The number of thioether (sulfide) groups is 1. The molecule has 0 bridgehead atoms. The molecule has 3 nitrogen and oxygen atoms in total. The molecule has 0 radical (unpaired) electrons. The average molecular weight is 420 g/mol. The summed E-state index contributed by atoms with van der Waals surface area (Å²) in [5, 5.41) is 5.06. The fourth-order valence-corrected chi connectivity index (χ4v) is 3.46. The number of amides is 2. The summed E-state index contributed by atoms with van der Waals surface area (Å²) < 4.78 is 51.4. The van der Waals surface area contributed by atoms with Gasteiger partial charge in [0.25, 0.3) is 0 Å². The third-order valence-electron chi connectivity index (χ3n) is 3.89. The summed E-state index contributed by atoms with van der Waals surface area (Å²) in [5.41, 5.74) is 0.628. The van der Waals surface area contributed by atoms with Crippen molar-refractivity contribution < 1.29 is 22.4 Å². The van der Waals surface area contributed by atoms with Gasteiger partial charge in [-0.25, -0.2) is 9.18 Å². The number of halogens is 4. The Morgan fingerprint density at radius 3 is 2.34 bits per heavy atom. The molecule has 8 heteroatoms. The van der Waals surface area contributed by atoms with E-state index < -0.39 is 17.8 Å². The lowest BCUT2D eigenvalue weighted by molar-refractivity contribution is -0.137. The zero-order valence-corrected chi connectivity index (χ0v) is 15.8. The van der Waals surface area contributed by atoms with Gasteiger partial charge in [0.15, 0.2) is 0 Å². The molecule has 0 aliphatic rings. The molecule has 150 valence electrons. The molecule has 0 fully saturated rings. The molecule has 2 amide bonds. The smallest absolute Gasteiger partial charge is 0.308 e. The van der Waals surface area contributed by atoms with E-state index in [4.69, 9.17) is 0 Å². The third-order valence-corrected chi connectivity index (χ3v) is 5.04. The van der Waals surface area contributed by atoms with E-state index in [2.05, 4.69) is 10.6 Å². The average Bonchev–Trinajstić information content (AvgIpc) is 2.68. The second-order valence-electron chi connectivity index (χ2n) is 6.07. The van der Waals surface area contributed by atoms with Crippen molar-refractivity contribution in [3.63, 3.8) is 0 Å². The predicted octanol–water partition coefficient (Wildman–Crippen LogP) is 6.78. The predicted molar refractivity (Wildman–Crippen MR) is 106 cm³/mol. The van der Waals surface area contributed by atoms with Crippen molar-refractivity contribution in [2.45, 2.75) is 16.8 Å². The van der Waals surface area contributed by atoms with Crippen LogP contribution in [0.1, 0.15) is 11.1 Å². The molecule has 0 atom stereocenters. The maximum Gasteiger partial charge on any atom is 0.416 e. The lowest BCUT2D eigenvalue weighted by atomic mass is 10.2. The van der Waals surface area contributed by atoms with Crippen molar-refractivity contribution in [3.8, 4) is 0 Å². The van der Waals surface area contributed by atoms with Gasteiger partial charge in [0, 0.05) is 16.3 Å². The quantitative estimate of drug-likeness (QED) is 0.353. The minimum atomic E-state index is -4.49. The molecular formula is C21H16F4N2OS. The van der Waals surface area contributed by atoms with E-state index in [1.54, 1.807) is 24.3 Å². The van der Waals surface area contributed by atoms with Crippen LogP contribution in [-0.2, 0) is 11.9 Å². The highest BCUT2D eigenvalue weighted by Crippen LogP contribution is 2.32. The van der Waals surface area contributed by atoms with Crippen molar-refractivity contribution >= 4 is 29.2 Å². The van der Waals surface area contributed by atoms with Crippen LogP contribution in [0.25, 0.3) is 0 Å². The van der Waals surface area contributed by atoms with Crippen LogP contribution in [0.3, 0.4) is 0 Å². The van der Waals surface area contributed by atoms with Gasteiger partial charge < -0.3 is 10.6 Å². The summed E-state index contributed by atoms with van der Waals surface area (Å²) in [4.78, 5) is 13.0. The minimum Gasteiger partial charge on any atom is -0.308 e. The minimum absolute atomic E-state index is 0.0359. The first kappa shape index (κ1) is 20.7. The molecule has 0 unspecified atom stereocenters. The summed E-state index contributed by atoms with van der Waals surface area (Å²) in [5.74, 6) is 0.251. The molecule has 0 aromatic heterocycles. The van der Waals surface area contributed by atoms with Crippen LogP contribution in [0.5, 0.6) is 0 Å². The first-order valence-corrected chi connectivity index (χ1v) is 9.51. The van der Waals surface area contributed by atoms with Gasteiger partial charge in [-0.05, 0) is 48.0 Å². The standard InChI is InChI=1S/C21H16F4N2OS/c22-16-10-8-14(9-11-16)13-29-19-7-2-1-6-18(19)27-20(28)26-17-5-3-4-15(12-17)21(23,24)25/h1-12H,13H2,(H2,26,27,28). The van der Waals surface area contributed by atoms with Gasteiger partial charge in [0.2, 0.25) is 0 Å². The Morgan fingerprint density at radius 1 is 0.897 bits per heavy atom. The van der Waals surface area contributed by atoms with Gasteiger partial charge in [-0.2, -0.15) is 13.2 Å². The molecule has 3 aromatic rings. The van der Waals surface area contributed by atoms with Gasteiger partial charge in [-0.3, -0.25) is 0 Å². The van der Waals surface area contributed by atoms with Gasteiger partial charge in [0.05, 0.1) is 11.3 Å². The van der Waals surface area contributed by atoms with E-state index in [-0.39, 0.29) is 11.5 Å². The number of hydrogen-bond acceptors (Lipinski definition) is 2. The lowest BCUT2D eigenvalue weighted by Crippen LogP contribution is -2.20. The van der Waals surface area contributed by atoms with Crippen LogP contribution < -0.4 is 10.6 Å². The van der Waals surface area contributed by atoms with Gasteiger partial charge in [-0.1, -0.05) is 30.3 Å². The van der Waals surface area contributed by atoms with E-state index in [0.717, 1.165) is 22.6 Å². The van der Waals surface area contributed by atoms with Crippen LogP contribution in [0.4, 0.5) is 33.7 Å². The number of anilines is 2. The maximum atomic E-state index is 13.0. The monoisotopic (exact) mass is 420 g/mol. The zero-order valence-electron chi connectivity index (χ0n) is 15.0. The number of nitrogens with one attached hydrogen (secondary N) is 2. The van der Waals surface area contributed by atoms with Crippen molar-refractivity contribution in [3.05, 3.63) is 89.7 Å². The number of rotatable bonds is 5. The van der Waals surface area contributed by atoms with E-state index in [1.807, 2.05) is 12.1 Å². The molecule has 3 aromatic carbocycles. The number of alkyl halides is 3. The van der Waals surface area contributed by atoms with E-state index in [9.17, 15) is 22.4 Å². The molecule has 0 aliphatic heterocycles. The lowest BCUT2D eigenvalue weighted by Gasteiger charge is -2.13. The number of carbonyl (C=O) groups is 1. The molecule has 0 saturated carbocycles. The van der Waals surface area contributed by atoms with Crippen molar-refractivity contribution in [2.75, 3.05) is 10.6 Å². The third kappa shape index (κ3) is 5.99. The summed E-state index contributed by atoms with van der Waals surface area (Å²) >= 11 is 1.45. The van der Waals surface area contributed by atoms with Gasteiger partial charge in [-0.15, -0.1) is 11.8 Å². The molecule has 0 heterocycles. The number of urea groups is 1. The summed E-state index contributed by atoms with van der Waals surface area (Å²) in [7, 11) is 0. The fourth-order valence-electron chi connectivity index (χ4n) is 2.50. The summed E-state index contributed by atoms with van der Waals surface area (Å²) in [6.45, 7) is 0. The molecule has 29 heavy (non-hydrogen) atoms. The molecule has 0 saturated heterocycles. The maximum absolute atomic E-state index is 13.0. The first-order chi connectivity index (χ1) is 13.8. The fraction of sp³-hybridized carbons (Fsp3) is 0.0952. The SMILES string of the molecule is O=C(Nc1cccc(C(F)(F)F)c1)Nc1ccccc1SCc1ccc(F)cc1. The number of benzene rings is 3. The second kappa shape index (κ2) is 9.00. The highest BCUT2D eigenvalue weighted by molar-refractivity contribution is 7.98. The molecular weight excluding hydrogens is 404 g/mol. The Balaban J connectivity index is 1.66. The van der Waals surface area contributed by atoms with Crippen LogP contribution >= 0.6 is 11.8 Å². The van der Waals surface area contributed by atoms with Crippen LogP contribution in [0.15, 0.2) is 77.7 Å². The second-order valence-corrected chi connectivity index (χ2v) is 7.09. The summed E-state index contributed by atoms with van der Waals surface area (Å²) in [6.07, 6.45) is -4.49. The molecule has 0 spiro atoms. The number of carbonyl (C=O) groups excluding carboxylic acids is 1. The number of para-hydroxylation sites is 1. The molecule has 3 rings (SSSR count). The van der Waals surface area contributed by atoms with E-state index in [1.165, 1.54) is 36.0 Å². The Kier molecular flexibility index (Phi) is 6.43. The van der Waals surface area contributed by atoms with E-state index >= 15 is 0 Å². The van der Waals surface area contributed by atoms with Gasteiger partial charge >= 0.3 is 12.2 Å². The molecule has 0 aliphatic carbocycles. The molecule has 2 N–H and O–H groups in total. The Bertz CT molecular complexity index is 990. The Morgan fingerprint density at radius 2 is 1.62 bits per heavy atom. The largest absolute Gasteiger partial charge is 0.416 e. The highest BCUT2D eigenvalue weighted by atomic mass is 32.2. The Hall–Kier alpha value is -3.00. The topological polar surface area (TPSA) is 41.1 Å². The Labute approximate surface area is 169 Å². The van der Waals surface area contributed by atoms with Crippen molar-refractivity contribution in [1.82, 2.24) is 0 Å². The normalized spacial score (nSPS) is 11.2. The first-order valence-electron chi connectivity index (χ1n) is 8.53. The summed E-state index contributed by atoms with van der Waals surface area (Å²) in [6, 6.07) is 16.9. The van der Waals surface area contributed by atoms with Gasteiger partial charge in [0.1, 0.15) is 5.82 Å². The van der Waals surface area contributed by atoms with Crippen molar-refractivity contribution in [1.29, 1.82) is 0 Å². The number of hydrogen-bond donors (Lipinski definition) is 2. The van der Waals surface area contributed by atoms with Crippen LogP contribution in [0.2, 0.25) is 0 Å². The van der Waals surface area contributed by atoms with Crippen LogP contribution in [-0.4, -0.2) is 6.03 Å².